The van der Waals surface area contributed by atoms with Crippen LogP contribution < -0.4 is 0 Å². The first-order valence-electron chi connectivity index (χ1n) is 14.0. The van der Waals surface area contributed by atoms with Crippen molar-refractivity contribution in [2.45, 2.75) is 116 Å². The third-order valence-corrected chi connectivity index (χ3v) is 7.44. The van der Waals surface area contributed by atoms with E-state index >= 15 is 0 Å². The average Bonchev–Trinajstić information content (AvgIpc) is 2.87. The van der Waals surface area contributed by atoms with E-state index in [2.05, 4.69) is 74.2 Å². The zero-order valence-electron chi connectivity index (χ0n) is 21.4. The molecule has 2 aromatic carbocycles. The number of hydrogen-bond donors (Lipinski definition) is 0. The molecule has 1 aliphatic rings. The van der Waals surface area contributed by atoms with E-state index in [1.807, 2.05) is 0 Å². The summed E-state index contributed by atoms with van der Waals surface area (Å²) in [5.41, 5.74) is 5.70. The molecule has 0 aromatic heterocycles. The number of benzene rings is 2. The first-order chi connectivity index (χ1) is 16.3. The van der Waals surface area contributed by atoms with E-state index in [0.717, 1.165) is 5.92 Å². The molecule has 3 rings (SSSR count). The number of unbranched alkanes of at least 4 members (excludes halogenated alkanes) is 7. The van der Waals surface area contributed by atoms with Crippen molar-refractivity contribution < 1.29 is 0 Å². The Kier molecular flexibility index (Phi) is 11.7. The zero-order valence-corrected chi connectivity index (χ0v) is 21.4. The summed E-state index contributed by atoms with van der Waals surface area (Å²) in [6.45, 7) is 4.56. The van der Waals surface area contributed by atoms with E-state index in [-0.39, 0.29) is 0 Å². The second-order valence-electron chi connectivity index (χ2n) is 10.2. The van der Waals surface area contributed by atoms with Gasteiger partial charge in [0.15, 0.2) is 0 Å². The largest absolute Gasteiger partial charge is 0.0945 e. The van der Waals surface area contributed by atoms with Crippen LogP contribution in [-0.4, -0.2) is 0 Å². The second kappa shape index (κ2) is 15.0. The smallest absolute Gasteiger partial charge is 0.0245 e. The molecule has 0 aliphatic heterocycles. The van der Waals surface area contributed by atoms with Crippen LogP contribution >= 0.6 is 0 Å². The van der Waals surface area contributed by atoms with Gasteiger partial charge in [0.25, 0.3) is 0 Å². The van der Waals surface area contributed by atoms with Crippen molar-refractivity contribution >= 4 is 0 Å². The molecule has 1 fully saturated rings. The van der Waals surface area contributed by atoms with Gasteiger partial charge in [-0.15, -0.1) is 0 Å². The Hall–Kier alpha value is -2.00. The van der Waals surface area contributed by atoms with Gasteiger partial charge in [-0.05, 0) is 86.1 Å². The fourth-order valence-electron chi connectivity index (χ4n) is 5.16. The van der Waals surface area contributed by atoms with Gasteiger partial charge >= 0.3 is 0 Å². The minimum atomic E-state index is 0.567. The third kappa shape index (κ3) is 9.41. The highest BCUT2D eigenvalue weighted by Gasteiger charge is 2.21. The normalized spacial score (nSPS) is 18.0. The van der Waals surface area contributed by atoms with Gasteiger partial charge in [0, 0.05) is 11.5 Å². The van der Waals surface area contributed by atoms with Crippen LogP contribution in [0, 0.1) is 17.8 Å². The van der Waals surface area contributed by atoms with Gasteiger partial charge in [0.05, 0.1) is 0 Å². The first kappa shape index (κ1) is 25.6. The highest BCUT2D eigenvalue weighted by Crippen LogP contribution is 2.35. The van der Waals surface area contributed by atoms with Gasteiger partial charge in [0.2, 0.25) is 0 Å². The SMILES string of the molecule is CCCCCCCc1ccc(C#C[C@H]2CC[C@H](c3ccc(CCCCCC)cc3)CC2)cc1. The van der Waals surface area contributed by atoms with Crippen molar-refractivity contribution in [3.8, 4) is 11.8 Å². The maximum absolute atomic E-state index is 3.59. The molecule has 0 heteroatoms. The molecule has 0 bridgehead atoms. The minimum Gasteiger partial charge on any atom is -0.0945 e. The summed E-state index contributed by atoms with van der Waals surface area (Å²) in [4.78, 5) is 0. The molecule has 0 atom stereocenters. The van der Waals surface area contributed by atoms with Crippen molar-refractivity contribution in [3.05, 3.63) is 70.8 Å². The molecule has 0 unspecified atom stereocenters. The molecule has 0 spiro atoms. The second-order valence-corrected chi connectivity index (χ2v) is 10.2. The van der Waals surface area contributed by atoms with E-state index in [1.54, 1.807) is 5.56 Å². The highest BCUT2D eigenvalue weighted by atomic mass is 14.2. The Morgan fingerprint density at radius 1 is 0.606 bits per heavy atom. The molecule has 2 aromatic rings. The summed E-state index contributed by atoms with van der Waals surface area (Å²) in [6.07, 6.45) is 19.6. The van der Waals surface area contributed by atoms with Gasteiger partial charge in [-0.3, -0.25) is 0 Å². The molecule has 1 aliphatic carbocycles. The predicted octanol–water partition coefficient (Wildman–Crippen LogP) is 9.65. The van der Waals surface area contributed by atoms with Crippen LogP contribution in [0.3, 0.4) is 0 Å². The zero-order chi connectivity index (χ0) is 23.1. The summed E-state index contributed by atoms with van der Waals surface area (Å²) in [5.74, 6) is 8.35. The molecule has 0 heterocycles. The van der Waals surface area contributed by atoms with Crippen molar-refractivity contribution in [3.63, 3.8) is 0 Å². The lowest BCUT2D eigenvalue weighted by molar-refractivity contribution is 0.384. The average molecular weight is 443 g/mol. The number of rotatable bonds is 12. The summed E-state index contributed by atoms with van der Waals surface area (Å²) in [5, 5.41) is 0. The summed E-state index contributed by atoms with van der Waals surface area (Å²) in [7, 11) is 0. The van der Waals surface area contributed by atoms with Crippen LogP contribution in [0.25, 0.3) is 0 Å². The number of aryl methyl sites for hydroxylation is 2. The Labute approximate surface area is 204 Å². The molecule has 0 N–H and O–H groups in total. The molecule has 0 nitrogen and oxygen atoms in total. The molecule has 178 valence electrons. The van der Waals surface area contributed by atoms with Gasteiger partial charge in [-0.2, -0.15) is 0 Å². The lowest BCUT2D eigenvalue weighted by Crippen LogP contribution is -2.12. The van der Waals surface area contributed by atoms with Crippen molar-refractivity contribution in [2.24, 2.45) is 5.92 Å². The third-order valence-electron chi connectivity index (χ3n) is 7.44. The first-order valence-corrected chi connectivity index (χ1v) is 14.0. The van der Waals surface area contributed by atoms with Gasteiger partial charge in [-0.25, -0.2) is 0 Å². The molecule has 0 radical (unpaired) electrons. The van der Waals surface area contributed by atoms with Crippen molar-refractivity contribution in [1.29, 1.82) is 0 Å². The van der Waals surface area contributed by atoms with Crippen LogP contribution in [0.2, 0.25) is 0 Å². The maximum Gasteiger partial charge on any atom is 0.0245 e. The quantitative estimate of drug-likeness (QED) is 0.227. The van der Waals surface area contributed by atoms with E-state index in [1.165, 1.54) is 113 Å². The Bertz CT molecular complexity index is 822. The topological polar surface area (TPSA) is 0 Å². The van der Waals surface area contributed by atoms with E-state index < -0.39 is 0 Å². The van der Waals surface area contributed by atoms with Gasteiger partial charge in [0.1, 0.15) is 0 Å². The van der Waals surface area contributed by atoms with Crippen LogP contribution in [0.1, 0.15) is 125 Å². The summed E-state index contributed by atoms with van der Waals surface area (Å²) in [6, 6.07) is 18.6. The molecular weight excluding hydrogens is 396 g/mol. The van der Waals surface area contributed by atoms with Gasteiger partial charge < -0.3 is 0 Å². The predicted molar refractivity (Wildman–Crippen MR) is 145 cm³/mol. The fourth-order valence-corrected chi connectivity index (χ4v) is 5.16. The fraction of sp³-hybridized carbons (Fsp3) is 0.576. The lowest BCUT2D eigenvalue weighted by atomic mass is 9.78. The Morgan fingerprint density at radius 2 is 1.12 bits per heavy atom. The van der Waals surface area contributed by atoms with Crippen LogP contribution in [0.15, 0.2) is 48.5 Å². The van der Waals surface area contributed by atoms with Crippen LogP contribution in [0.5, 0.6) is 0 Å². The number of hydrogen-bond acceptors (Lipinski definition) is 0. The van der Waals surface area contributed by atoms with Crippen LogP contribution in [0.4, 0.5) is 0 Å². The van der Waals surface area contributed by atoms with E-state index in [9.17, 15) is 0 Å². The minimum absolute atomic E-state index is 0.567. The van der Waals surface area contributed by atoms with Gasteiger partial charge in [-0.1, -0.05) is 107 Å². The molecular formula is C33H46. The lowest BCUT2D eigenvalue weighted by Gasteiger charge is -2.26. The van der Waals surface area contributed by atoms with Crippen molar-refractivity contribution in [2.75, 3.05) is 0 Å². The molecule has 0 saturated heterocycles. The highest BCUT2D eigenvalue weighted by molar-refractivity contribution is 5.37. The van der Waals surface area contributed by atoms with E-state index in [0.29, 0.717) is 5.92 Å². The van der Waals surface area contributed by atoms with Crippen LogP contribution in [-0.2, 0) is 12.8 Å². The molecule has 1 saturated carbocycles. The summed E-state index contributed by atoms with van der Waals surface area (Å²) >= 11 is 0. The monoisotopic (exact) mass is 442 g/mol. The van der Waals surface area contributed by atoms with Crippen molar-refractivity contribution in [1.82, 2.24) is 0 Å². The molecule has 33 heavy (non-hydrogen) atoms. The van der Waals surface area contributed by atoms with E-state index in [4.69, 9.17) is 0 Å². The molecule has 0 amide bonds. The maximum atomic E-state index is 3.59. The summed E-state index contributed by atoms with van der Waals surface area (Å²) < 4.78 is 0. The Balaban J connectivity index is 1.39. The Morgan fingerprint density at radius 3 is 1.70 bits per heavy atom. The standard InChI is InChI=1S/C33H46/c1-3-5-7-9-11-13-28-14-16-30(17-15-28)18-19-31-22-26-33(27-23-31)32-24-20-29(21-25-32)12-10-8-6-4-2/h14-17,20-21,24-25,31,33H,3-13,22-23,26-27H2,1-2H3/t31-,33-.